The molecule has 1 aromatic carbocycles. The molecule has 2 rings (SSSR count). The van der Waals surface area contributed by atoms with E-state index in [2.05, 4.69) is 0 Å². The molecular weight excluding hydrogens is 154 g/mol. The molecule has 0 aliphatic carbocycles. The highest BCUT2D eigenvalue weighted by Crippen LogP contribution is 2.34. The Kier molecular flexibility index (Phi) is 1.50. The average molecular weight is 163 g/mol. The van der Waals surface area contributed by atoms with Gasteiger partial charge in [0.15, 0.2) is 0 Å². The van der Waals surface area contributed by atoms with Crippen molar-refractivity contribution in [2.75, 3.05) is 11.4 Å². The number of rotatable bonds is 1. The molecule has 0 bridgehead atoms. The van der Waals surface area contributed by atoms with Crippen LogP contribution in [0.3, 0.4) is 0 Å². The summed E-state index contributed by atoms with van der Waals surface area (Å²) < 4.78 is 0. The van der Waals surface area contributed by atoms with Gasteiger partial charge in [-0.1, -0.05) is 12.1 Å². The second-order valence-corrected chi connectivity index (χ2v) is 2.83. The van der Waals surface area contributed by atoms with E-state index in [1.54, 1.807) is 12.1 Å². The monoisotopic (exact) mass is 163 g/mol. The minimum Gasteiger partial charge on any atom is -0.506 e. The van der Waals surface area contributed by atoms with Crippen molar-refractivity contribution in [2.24, 2.45) is 0 Å². The molecule has 0 radical (unpaired) electrons. The summed E-state index contributed by atoms with van der Waals surface area (Å²) in [6, 6.07) is 5.32. The lowest BCUT2D eigenvalue weighted by atomic mass is 10.1. The van der Waals surface area contributed by atoms with Crippen molar-refractivity contribution in [2.45, 2.75) is 6.42 Å². The van der Waals surface area contributed by atoms with Gasteiger partial charge in [-0.2, -0.15) is 0 Å². The van der Waals surface area contributed by atoms with Gasteiger partial charge in [-0.3, -0.25) is 4.79 Å². The third kappa shape index (κ3) is 0.863. The first kappa shape index (κ1) is 7.16. The number of para-hydroxylation sites is 1. The van der Waals surface area contributed by atoms with Gasteiger partial charge in [0.25, 0.3) is 0 Å². The van der Waals surface area contributed by atoms with Crippen LogP contribution in [0.5, 0.6) is 5.75 Å². The fraction of sp³-hybridized carbons (Fsp3) is 0.222. The van der Waals surface area contributed by atoms with Crippen molar-refractivity contribution in [3.63, 3.8) is 0 Å². The molecule has 1 amide bonds. The summed E-state index contributed by atoms with van der Waals surface area (Å²) in [5.74, 6) is 0.192. The Morgan fingerprint density at radius 2 is 2.33 bits per heavy atom. The van der Waals surface area contributed by atoms with Crippen LogP contribution >= 0.6 is 0 Å². The first-order valence-corrected chi connectivity index (χ1v) is 3.85. The predicted molar refractivity (Wildman–Crippen MR) is 45.2 cm³/mol. The molecular formula is C9H9NO2. The van der Waals surface area contributed by atoms with Gasteiger partial charge in [-0.25, -0.2) is 0 Å². The molecule has 0 unspecified atom stereocenters. The predicted octanol–water partition coefficient (Wildman–Crippen LogP) is 0.911. The molecule has 0 fully saturated rings. The van der Waals surface area contributed by atoms with Crippen molar-refractivity contribution >= 4 is 12.1 Å². The maximum absolute atomic E-state index is 10.5. The highest BCUT2D eigenvalue weighted by atomic mass is 16.3. The second-order valence-electron chi connectivity index (χ2n) is 2.83. The standard InChI is InChI=1S/C9H9NO2/c11-6-10-5-4-7-2-1-3-8(12)9(7)10/h1-3,6,12H,4-5H2. The van der Waals surface area contributed by atoms with Gasteiger partial charge in [-0.15, -0.1) is 0 Å². The molecule has 1 aliphatic rings. The van der Waals surface area contributed by atoms with Gasteiger partial charge in [0, 0.05) is 6.54 Å². The summed E-state index contributed by atoms with van der Waals surface area (Å²) in [7, 11) is 0. The Morgan fingerprint density at radius 3 is 3.08 bits per heavy atom. The van der Waals surface area contributed by atoms with Gasteiger partial charge < -0.3 is 10.0 Å². The lowest BCUT2D eigenvalue weighted by Gasteiger charge is -2.10. The van der Waals surface area contributed by atoms with E-state index < -0.39 is 0 Å². The van der Waals surface area contributed by atoms with E-state index in [1.165, 1.54) is 4.90 Å². The maximum Gasteiger partial charge on any atom is 0.214 e. The Balaban J connectivity index is 2.55. The number of hydrogen-bond donors (Lipinski definition) is 1. The number of phenols is 1. The summed E-state index contributed by atoms with van der Waals surface area (Å²) in [5.41, 5.74) is 1.72. The smallest absolute Gasteiger partial charge is 0.214 e. The van der Waals surface area contributed by atoms with Gasteiger partial charge in [-0.05, 0) is 18.1 Å². The largest absolute Gasteiger partial charge is 0.506 e. The molecule has 0 atom stereocenters. The van der Waals surface area contributed by atoms with Gasteiger partial charge in [0.2, 0.25) is 6.41 Å². The number of carbonyl (C=O) groups excluding carboxylic acids is 1. The summed E-state index contributed by atoms with van der Waals surface area (Å²) in [4.78, 5) is 12.1. The number of amides is 1. The Morgan fingerprint density at radius 1 is 1.50 bits per heavy atom. The number of aromatic hydroxyl groups is 1. The number of anilines is 1. The molecule has 62 valence electrons. The molecule has 3 nitrogen and oxygen atoms in total. The number of phenolic OH excluding ortho intramolecular Hbond substituents is 1. The minimum atomic E-state index is 0.192. The van der Waals surface area contributed by atoms with Crippen LogP contribution in [0.1, 0.15) is 5.56 Å². The van der Waals surface area contributed by atoms with E-state index in [9.17, 15) is 9.90 Å². The molecule has 0 aromatic heterocycles. The van der Waals surface area contributed by atoms with E-state index in [-0.39, 0.29) is 5.75 Å². The minimum absolute atomic E-state index is 0.192. The lowest BCUT2D eigenvalue weighted by molar-refractivity contribution is -0.107. The summed E-state index contributed by atoms with van der Waals surface area (Å²) in [6.45, 7) is 0.677. The molecule has 12 heavy (non-hydrogen) atoms. The second kappa shape index (κ2) is 2.52. The van der Waals surface area contributed by atoms with E-state index in [0.717, 1.165) is 18.4 Å². The molecule has 1 aromatic rings. The number of benzene rings is 1. The molecule has 0 saturated carbocycles. The fourth-order valence-corrected chi connectivity index (χ4v) is 1.57. The summed E-state index contributed by atoms with van der Waals surface area (Å²) in [5, 5.41) is 9.43. The molecule has 3 heteroatoms. The zero-order chi connectivity index (χ0) is 8.55. The van der Waals surface area contributed by atoms with Gasteiger partial charge in [0.1, 0.15) is 5.75 Å². The average Bonchev–Trinajstić information content (AvgIpc) is 2.49. The number of hydrogen-bond acceptors (Lipinski definition) is 2. The summed E-state index contributed by atoms with van der Waals surface area (Å²) >= 11 is 0. The molecule has 1 N–H and O–H groups in total. The summed E-state index contributed by atoms with van der Waals surface area (Å²) in [6.07, 6.45) is 1.59. The van der Waals surface area contributed by atoms with E-state index >= 15 is 0 Å². The van der Waals surface area contributed by atoms with Crippen LogP contribution in [0.25, 0.3) is 0 Å². The van der Waals surface area contributed by atoms with E-state index in [1.807, 2.05) is 6.07 Å². The quantitative estimate of drug-likeness (QED) is 0.625. The van der Waals surface area contributed by atoms with Crippen LogP contribution in [0.15, 0.2) is 18.2 Å². The highest BCUT2D eigenvalue weighted by Gasteiger charge is 2.20. The first-order chi connectivity index (χ1) is 5.83. The van der Waals surface area contributed by atoms with Crippen molar-refractivity contribution in [3.8, 4) is 5.75 Å². The van der Waals surface area contributed by atoms with Gasteiger partial charge >= 0.3 is 0 Å². The van der Waals surface area contributed by atoms with Gasteiger partial charge in [0.05, 0.1) is 5.69 Å². The van der Waals surface area contributed by atoms with Crippen molar-refractivity contribution in [1.29, 1.82) is 0 Å². The van der Waals surface area contributed by atoms with Crippen LogP contribution in [0, 0.1) is 0 Å². The third-order valence-corrected chi connectivity index (χ3v) is 2.13. The zero-order valence-corrected chi connectivity index (χ0v) is 6.53. The zero-order valence-electron chi connectivity index (χ0n) is 6.53. The number of carbonyl (C=O) groups is 1. The maximum atomic E-state index is 10.5. The van der Waals surface area contributed by atoms with Crippen LogP contribution in [-0.4, -0.2) is 18.1 Å². The topological polar surface area (TPSA) is 40.5 Å². The highest BCUT2D eigenvalue weighted by molar-refractivity contribution is 5.83. The normalized spacial score (nSPS) is 14.5. The Bertz CT molecular complexity index is 322. The van der Waals surface area contributed by atoms with E-state index in [0.29, 0.717) is 12.2 Å². The van der Waals surface area contributed by atoms with Crippen molar-refractivity contribution < 1.29 is 9.90 Å². The van der Waals surface area contributed by atoms with Crippen LogP contribution in [0.2, 0.25) is 0 Å². The molecule has 0 spiro atoms. The fourth-order valence-electron chi connectivity index (χ4n) is 1.57. The molecule has 1 aliphatic heterocycles. The molecule has 1 heterocycles. The number of nitrogens with zero attached hydrogens (tertiary/aromatic N) is 1. The van der Waals surface area contributed by atoms with Crippen molar-refractivity contribution in [1.82, 2.24) is 0 Å². The first-order valence-electron chi connectivity index (χ1n) is 3.85. The molecule has 0 saturated heterocycles. The van der Waals surface area contributed by atoms with Crippen LogP contribution < -0.4 is 4.90 Å². The van der Waals surface area contributed by atoms with Crippen molar-refractivity contribution in [3.05, 3.63) is 23.8 Å². The Labute approximate surface area is 70.2 Å². The number of fused-ring (bicyclic) bond motifs is 1. The van der Waals surface area contributed by atoms with Crippen LogP contribution in [0.4, 0.5) is 5.69 Å². The van der Waals surface area contributed by atoms with Crippen LogP contribution in [-0.2, 0) is 11.2 Å². The third-order valence-electron chi connectivity index (χ3n) is 2.13. The Hall–Kier alpha value is -1.51. The lowest BCUT2D eigenvalue weighted by Crippen LogP contribution is -2.17. The van der Waals surface area contributed by atoms with E-state index in [4.69, 9.17) is 0 Å². The SMILES string of the molecule is O=CN1CCc2cccc(O)c21.